The molecule has 3 heteroatoms. The smallest absolute Gasteiger partial charge is 0.241 e. The van der Waals surface area contributed by atoms with Crippen molar-refractivity contribution in [1.82, 2.24) is 10.2 Å². The second-order valence-electron chi connectivity index (χ2n) is 6.55. The third kappa shape index (κ3) is 2.82. The van der Waals surface area contributed by atoms with E-state index in [1.807, 2.05) is 0 Å². The topological polar surface area (TPSA) is 32.3 Å². The van der Waals surface area contributed by atoms with E-state index in [1.165, 1.54) is 12.8 Å². The molecule has 2 rings (SSSR count). The molecule has 1 aliphatic carbocycles. The van der Waals surface area contributed by atoms with Crippen molar-refractivity contribution in [2.24, 2.45) is 11.3 Å². The normalized spacial score (nSPS) is 31.4. The maximum Gasteiger partial charge on any atom is 0.241 e. The van der Waals surface area contributed by atoms with Crippen LogP contribution in [-0.4, -0.2) is 29.6 Å². The summed E-state index contributed by atoms with van der Waals surface area (Å²) < 4.78 is 0. The van der Waals surface area contributed by atoms with Crippen LogP contribution in [0.15, 0.2) is 0 Å². The Morgan fingerprint density at radius 2 is 2.12 bits per heavy atom. The van der Waals surface area contributed by atoms with Crippen molar-refractivity contribution in [3.63, 3.8) is 0 Å². The van der Waals surface area contributed by atoms with Crippen molar-refractivity contribution < 1.29 is 4.79 Å². The lowest BCUT2D eigenvalue weighted by Crippen LogP contribution is -2.40. The van der Waals surface area contributed by atoms with Crippen molar-refractivity contribution in [3.05, 3.63) is 0 Å². The number of carbonyl (C=O) groups is 1. The summed E-state index contributed by atoms with van der Waals surface area (Å²) in [5.41, 5.74) is 0.414. The van der Waals surface area contributed by atoms with E-state index in [1.54, 1.807) is 0 Å². The second kappa shape index (κ2) is 4.60. The van der Waals surface area contributed by atoms with Crippen LogP contribution in [0, 0.1) is 11.3 Å². The van der Waals surface area contributed by atoms with Crippen LogP contribution in [0.4, 0.5) is 0 Å². The van der Waals surface area contributed by atoms with Crippen molar-refractivity contribution in [3.8, 4) is 0 Å². The van der Waals surface area contributed by atoms with E-state index in [4.69, 9.17) is 0 Å². The van der Waals surface area contributed by atoms with Crippen molar-refractivity contribution >= 4 is 5.91 Å². The summed E-state index contributed by atoms with van der Waals surface area (Å²) in [5, 5.41) is 3.50. The number of hydrogen-bond acceptors (Lipinski definition) is 2. The summed E-state index contributed by atoms with van der Waals surface area (Å²) in [6.45, 7) is 9.77. The molecule has 0 radical (unpaired) electrons. The zero-order valence-corrected chi connectivity index (χ0v) is 11.6. The van der Waals surface area contributed by atoms with Gasteiger partial charge in [0.1, 0.15) is 0 Å². The van der Waals surface area contributed by atoms with E-state index in [2.05, 4.69) is 37.9 Å². The predicted octanol–water partition coefficient (Wildman–Crippen LogP) is 2.37. The van der Waals surface area contributed by atoms with Crippen LogP contribution in [-0.2, 0) is 4.79 Å². The number of nitrogens with one attached hydrogen (secondary N) is 1. The van der Waals surface area contributed by atoms with E-state index < -0.39 is 0 Å². The molecule has 0 aromatic rings. The molecule has 0 aromatic carbocycles. The minimum absolute atomic E-state index is 0.0577. The van der Waals surface area contributed by atoms with Gasteiger partial charge >= 0.3 is 0 Å². The Kier molecular flexibility index (Phi) is 3.48. The van der Waals surface area contributed by atoms with E-state index in [9.17, 15) is 4.79 Å². The number of nitrogens with zero attached hydrogens (tertiary/aromatic N) is 1. The third-order valence-corrected chi connectivity index (χ3v) is 4.10. The lowest BCUT2D eigenvalue weighted by atomic mass is 10.0. The van der Waals surface area contributed by atoms with Gasteiger partial charge in [-0.1, -0.05) is 27.7 Å². The highest BCUT2D eigenvalue weighted by Crippen LogP contribution is 2.46. The SMILES string of the molecule is CCC1NC(CC(C)C)C(=O)N1CC1(C)CC1. The van der Waals surface area contributed by atoms with Crippen molar-refractivity contribution in [1.29, 1.82) is 0 Å². The van der Waals surface area contributed by atoms with E-state index in [-0.39, 0.29) is 12.2 Å². The van der Waals surface area contributed by atoms with Gasteiger partial charge in [0.2, 0.25) is 5.91 Å². The highest BCUT2D eigenvalue weighted by Gasteiger charge is 2.45. The van der Waals surface area contributed by atoms with Gasteiger partial charge in [-0.2, -0.15) is 0 Å². The Balaban J connectivity index is 2.00. The average molecular weight is 238 g/mol. The van der Waals surface area contributed by atoms with Crippen molar-refractivity contribution in [2.75, 3.05) is 6.54 Å². The minimum Gasteiger partial charge on any atom is -0.325 e. The van der Waals surface area contributed by atoms with Crippen LogP contribution in [0.3, 0.4) is 0 Å². The van der Waals surface area contributed by atoms with Gasteiger partial charge in [0, 0.05) is 6.54 Å². The summed E-state index contributed by atoms with van der Waals surface area (Å²) >= 11 is 0. The number of hydrogen-bond donors (Lipinski definition) is 1. The third-order valence-electron chi connectivity index (χ3n) is 4.10. The molecule has 0 spiro atoms. The largest absolute Gasteiger partial charge is 0.325 e. The molecule has 17 heavy (non-hydrogen) atoms. The summed E-state index contributed by atoms with van der Waals surface area (Å²) in [6.07, 6.45) is 4.80. The molecular weight excluding hydrogens is 212 g/mol. The first-order chi connectivity index (χ1) is 7.95. The van der Waals surface area contributed by atoms with Crippen LogP contribution in [0.25, 0.3) is 0 Å². The van der Waals surface area contributed by atoms with E-state index >= 15 is 0 Å². The van der Waals surface area contributed by atoms with Crippen LogP contribution in [0.1, 0.15) is 53.4 Å². The Morgan fingerprint density at radius 1 is 1.47 bits per heavy atom. The van der Waals surface area contributed by atoms with Gasteiger partial charge < -0.3 is 4.90 Å². The minimum atomic E-state index is 0.0577. The zero-order chi connectivity index (χ0) is 12.6. The first-order valence-corrected chi connectivity index (χ1v) is 7.02. The van der Waals surface area contributed by atoms with Gasteiger partial charge in [0.05, 0.1) is 12.2 Å². The molecule has 3 nitrogen and oxygen atoms in total. The van der Waals surface area contributed by atoms with Crippen molar-refractivity contribution in [2.45, 2.75) is 65.6 Å². The summed E-state index contributed by atoms with van der Waals surface area (Å²) in [5.74, 6) is 0.907. The fourth-order valence-corrected chi connectivity index (χ4v) is 2.70. The Labute approximate surface area is 105 Å². The second-order valence-corrected chi connectivity index (χ2v) is 6.55. The Hall–Kier alpha value is -0.570. The molecule has 98 valence electrons. The molecular formula is C14H26N2O. The first-order valence-electron chi connectivity index (χ1n) is 7.02. The molecule has 2 fully saturated rings. The molecule has 2 unspecified atom stereocenters. The highest BCUT2D eigenvalue weighted by atomic mass is 16.2. The quantitative estimate of drug-likeness (QED) is 0.797. The summed E-state index contributed by atoms with van der Waals surface area (Å²) in [7, 11) is 0. The van der Waals surface area contributed by atoms with Crippen LogP contribution in [0.5, 0.6) is 0 Å². The van der Waals surface area contributed by atoms with E-state index in [0.29, 0.717) is 17.2 Å². The van der Waals surface area contributed by atoms with Gasteiger partial charge in [0.15, 0.2) is 0 Å². The lowest BCUT2D eigenvalue weighted by Gasteiger charge is -2.26. The molecule has 1 saturated carbocycles. The molecule has 1 aliphatic heterocycles. The van der Waals surface area contributed by atoms with Gasteiger partial charge in [-0.05, 0) is 37.0 Å². The number of carbonyl (C=O) groups excluding carboxylic acids is 1. The standard InChI is InChI=1S/C14H26N2O/c1-5-12-15-11(8-10(2)3)13(17)16(12)9-14(4)6-7-14/h10-12,15H,5-9H2,1-4H3. The monoisotopic (exact) mass is 238 g/mol. The lowest BCUT2D eigenvalue weighted by molar-refractivity contribution is -0.131. The van der Waals surface area contributed by atoms with Crippen LogP contribution < -0.4 is 5.32 Å². The molecule has 2 aliphatic rings. The molecule has 1 amide bonds. The fraction of sp³-hybridized carbons (Fsp3) is 0.929. The number of amides is 1. The summed E-state index contributed by atoms with van der Waals surface area (Å²) in [6, 6.07) is 0.0577. The zero-order valence-electron chi connectivity index (χ0n) is 11.6. The fourth-order valence-electron chi connectivity index (χ4n) is 2.70. The molecule has 1 heterocycles. The Morgan fingerprint density at radius 3 is 2.59 bits per heavy atom. The molecule has 1 N–H and O–H groups in total. The van der Waals surface area contributed by atoms with Gasteiger partial charge in [0.25, 0.3) is 0 Å². The maximum absolute atomic E-state index is 12.4. The van der Waals surface area contributed by atoms with Gasteiger partial charge in [-0.3, -0.25) is 10.1 Å². The van der Waals surface area contributed by atoms with Gasteiger partial charge in [-0.15, -0.1) is 0 Å². The molecule has 2 atom stereocenters. The maximum atomic E-state index is 12.4. The highest BCUT2D eigenvalue weighted by molar-refractivity contribution is 5.84. The average Bonchev–Trinajstić information content (AvgIpc) is 2.91. The first kappa shape index (κ1) is 12.9. The van der Waals surface area contributed by atoms with Crippen LogP contribution >= 0.6 is 0 Å². The number of rotatable bonds is 5. The van der Waals surface area contributed by atoms with Gasteiger partial charge in [-0.25, -0.2) is 0 Å². The molecule has 0 aromatic heterocycles. The Bertz CT molecular complexity index is 297. The summed E-state index contributed by atoms with van der Waals surface area (Å²) in [4.78, 5) is 14.5. The predicted molar refractivity (Wildman–Crippen MR) is 69.5 cm³/mol. The van der Waals surface area contributed by atoms with Crippen LogP contribution in [0.2, 0.25) is 0 Å². The molecule has 0 bridgehead atoms. The molecule has 1 saturated heterocycles. The van der Waals surface area contributed by atoms with E-state index in [0.717, 1.165) is 19.4 Å².